The maximum Gasteiger partial charge on any atom is 0.319 e. The molecule has 0 saturated heterocycles. The fraction of sp³-hybridized carbons (Fsp3) is 0.231. The van der Waals surface area contributed by atoms with Gasteiger partial charge in [-0.05, 0) is 73.2 Å². The Bertz CT molecular complexity index is 1190. The van der Waals surface area contributed by atoms with Crippen LogP contribution in [0.1, 0.15) is 45.5 Å². The molecule has 3 N–H and O–H groups in total. The number of benzene rings is 3. The molecule has 0 bridgehead atoms. The maximum atomic E-state index is 13.7. The molecular weight excluding hydrogens is 424 g/mol. The van der Waals surface area contributed by atoms with Gasteiger partial charge in [-0.2, -0.15) is 0 Å². The molecule has 4 rings (SSSR count). The number of carbonyl (C=O) groups is 2. The summed E-state index contributed by atoms with van der Waals surface area (Å²) in [5.41, 5.74) is 4.55. The third-order valence-electron chi connectivity index (χ3n) is 5.75. The van der Waals surface area contributed by atoms with E-state index in [0.717, 1.165) is 60.3 Å². The predicted molar refractivity (Wildman–Crippen MR) is 125 cm³/mol. The lowest BCUT2D eigenvalue weighted by Gasteiger charge is -2.12. The molecule has 7 heteroatoms. The summed E-state index contributed by atoms with van der Waals surface area (Å²) in [6, 6.07) is 13.7. The average molecular weight is 450 g/mol. The van der Waals surface area contributed by atoms with Crippen molar-refractivity contribution in [1.29, 1.82) is 0 Å². The summed E-state index contributed by atoms with van der Waals surface area (Å²) in [6.45, 7) is 2.93. The number of halogens is 2. The van der Waals surface area contributed by atoms with Crippen LogP contribution in [0, 0.1) is 18.6 Å². The van der Waals surface area contributed by atoms with Crippen molar-refractivity contribution in [1.82, 2.24) is 5.32 Å². The Kier molecular flexibility index (Phi) is 6.68. The van der Waals surface area contributed by atoms with E-state index in [1.165, 1.54) is 6.07 Å². The SMILES string of the molecule is Cc1cc(CNC(=O)Nc2c(F)cccc2F)ccc1C(=O)c1ccc2c(c1)CCCCN2. The van der Waals surface area contributed by atoms with Gasteiger partial charge in [0.25, 0.3) is 0 Å². The zero-order valence-electron chi connectivity index (χ0n) is 18.3. The van der Waals surface area contributed by atoms with Crippen LogP contribution in [0.5, 0.6) is 0 Å². The van der Waals surface area contributed by atoms with Crippen molar-refractivity contribution < 1.29 is 18.4 Å². The van der Waals surface area contributed by atoms with Gasteiger partial charge in [0.05, 0.1) is 0 Å². The number of carbonyl (C=O) groups excluding carboxylic acids is 2. The van der Waals surface area contributed by atoms with E-state index in [2.05, 4.69) is 16.0 Å². The van der Waals surface area contributed by atoms with Gasteiger partial charge in [0, 0.05) is 29.9 Å². The van der Waals surface area contributed by atoms with Gasteiger partial charge >= 0.3 is 6.03 Å². The van der Waals surface area contributed by atoms with Crippen molar-refractivity contribution in [2.24, 2.45) is 0 Å². The van der Waals surface area contributed by atoms with Gasteiger partial charge in [-0.1, -0.05) is 24.3 Å². The Morgan fingerprint density at radius 2 is 1.79 bits per heavy atom. The molecule has 2 amide bonds. The zero-order chi connectivity index (χ0) is 23.4. The van der Waals surface area contributed by atoms with E-state index < -0.39 is 23.4 Å². The number of fused-ring (bicyclic) bond motifs is 1. The minimum atomic E-state index is -0.850. The minimum Gasteiger partial charge on any atom is -0.385 e. The smallest absolute Gasteiger partial charge is 0.319 e. The Hall–Kier alpha value is -3.74. The third kappa shape index (κ3) is 5.19. The highest BCUT2D eigenvalue weighted by Crippen LogP contribution is 2.25. The zero-order valence-corrected chi connectivity index (χ0v) is 18.3. The van der Waals surface area contributed by atoms with Gasteiger partial charge in [-0.3, -0.25) is 4.79 Å². The lowest BCUT2D eigenvalue weighted by Crippen LogP contribution is -2.29. The number of hydrogen-bond donors (Lipinski definition) is 3. The molecule has 3 aromatic carbocycles. The van der Waals surface area contributed by atoms with Gasteiger partial charge in [0.15, 0.2) is 5.78 Å². The molecule has 33 heavy (non-hydrogen) atoms. The Balaban J connectivity index is 1.42. The highest BCUT2D eigenvalue weighted by molar-refractivity contribution is 6.10. The van der Waals surface area contributed by atoms with Crippen LogP contribution < -0.4 is 16.0 Å². The number of rotatable bonds is 5. The number of hydrogen-bond acceptors (Lipinski definition) is 3. The van der Waals surface area contributed by atoms with Crippen molar-refractivity contribution in [3.05, 3.63) is 94.0 Å². The molecular formula is C26H25F2N3O2. The van der Waals surface area contributed by atoms with E-state index in [0.29, 0.717) is 11.1 Å². The van der Waals surface area contributed by atoms with Gasteiger partial charge in [-0.25, -0.2) is 13.6 Å². The molecule has 3 aromatic rings. The quantitative estimate of drug-likeness (QED) is 0.446. The molecule has 0 atom stereocenters. The first-order chi connectivity index (χ1) is 15.9. The summed E-state index contributed by atoms with van der Waals surface area (Å²) in [6.07, 6.45) is 3.15. The van der Waals surface area contributed by atoms with Gasteiger partial charge in [0.1, 0.15) is 17.3 Å². The lowest BCUT2D eigenvalue weighted by atomic mass is 9.95. The third-order valence-corrected chi connectivity index (χ3v) is 5.75. The van der Waals surface area contributed by atoms with Crippen molar-refractivity contribution in [2.75, 3.05) is 17.2 Å². The van der Waals surface area contributed by atoms with Crippen molar-refractivity contribution in [2.45, 2.75) is 32.7 Å². The summed E-state index contributed by atoms with van der Waals surface area (Å²) in [4.78, 5) is 25.2. The predicted octanol–water partition coefficient (Wildman–Crippen LogP) is 5.57. The number of nitrogens with one attached hydrogen (secondary N) is 3. The topological polar surface area (TPSA) is 70.2 Å². The summed E-state index contributed by atoms with van der Waals surface area (Å²) >= 11 is 0. The molecule has 5 nitrogen and oxygen atoms in total. The standard InChI is InChI=1S/C26H25F2N3O2/c1-16-13-17(15-30-26(33)31-24-21(27)6-4-7-22(24)28)8-10-20(16)25(32)19-9-11-23-18(14-19)5-2-3-12-29-23/h4,6-11,13-14,29H,2-3,5,12,15H2,1H3,(H2,30,31,33). The summed E-state index contributed by atoms with van der Waals surface area (Å²) in [5, 5.41) is 8.16. The van der Waals surface area contributed by atoms with Crippen molar-refractivity contribution in [3.8, 4) is 0 Å². The van der Waals surface area contributed by atoms with Crippen LogP contribution in [-0.4, -0.2) is 18.4 Å². The molecule has 1 heterocycles. The molecule has 0 unspecified atom stereocenters. The minimum absolute atomic E-state index is 0.0492. The van der Waals surface area contributed by atoms with E-state index in [1.807, 2.05) is 31.2 Å². The molecule has 0 radical (unpaired) electrons. The Labute approximate surface area is 191 Å². The summed E-state index contributed by atoms with van der Waals surface area (Å²) < 4.78 is 27.4. The highest BCUT2D eigenvalue weighted by Gasteiger charge is 2.16. The molecule has 0 aromatic heterocycles. The Morgan fingerprint density at radius 1 is 1.00 bits per heavy atom. The first kappa shape index (κ1) is 22.5. The molecule has 0 spiro atoms. The fourth-order valence-electron chi connectivity index (χ4n) is 3.98. The van der Waals surface area contributed by atoms with Crippen LogP contribution in [-0.2, 0) is 13.0 Å². The van der Waals surface area contributed by atoms with Gasteiger partial charge in [-0.15, -0.1) is 0 Å². The summed E-state index contributed by atoms with van der Waals surface area (Å²) in [7, 11) is 0. The van der Waals surface area contributed by atoms with Crippen molar-refractivity contribution >= 4 is 23.2 Å². The molecule has 170 valence electrons. The molecule has 0 fully saturated rings. The van der Waals surface area contributed by atoms with Crippen molar-refractivity contribution in [3.63, 3.8) is 0 Å². The first-order valence-corrected chi connectivity index (χ1v) is 10.9. The van der Waals surface area contributed by atoms with E-state index in [-0.39, 0.29) is 12.3 Å². The second-order valence-electron chi connectivity index (χ2n) is 8.14. The van der Waals surface area contributed by atoms with Crippen LogP contribution in [0.15, 0.2) is 54.6 Å². The second-order valence-corrected chi connectivity index (χ2v) is 8.14. The molecule has 0 saturated carbocycles. The number of aryl methyl sites for hydroxylation is 2. The number of amides is 2. The van der Waals surface area contributed by atoms with E-state index >= 15 is 0 Å². The van der Waals surface area contributed by atoms with Crippen LogP contribution >= 0.6 is 0 Å². The largest absolute Gasteiger partial charge is 0.385 e. The highest BCUT2D eigenvalue weighted by atomic mass is 19.1. The number of anilines is 2. The van der Waals surface area contributed by atoms with E-state index in [9.17, 15) is 18.4 Å². The van der Waals surface area contributed by atoms with E-state index in [4.69, 9.17) is 0 Å². The number of urea groups is 1. The lowest BCUT2D eigenvalue weighted by molar-refractivity contribution is 0.103. The monoisotopic (exact) mass is 449 g/mol. The average Bonchev–Trinajstić information content (AvgIpc) is 3.05. The maximum absolute atomic E-state index is 13.7. The molecule has 0 aliphatic carbocycles. The van der Waals surface area contributed by atoms with Crippen LogP contribution in [0.25, 0.3) is 0 Å². The Morgan fingerprint density at radius 3 is 2.55 bits per heavy atom. The van der Waals surface area contributed by atoms with Gasteiger partial charge < -0.3 is 16.0 Å². The van der Waals surface area contributed by atoms with E-state index in [1.54, 1.807) is 12.1 Å². The number of ketones is 1. The normalized spacial score (nSPS) is 12.8. The first-order valence-electron chi connectivity index (χ1n) is 10.9. The van der Waals surface area contributed by atoms with Gasteiger partial charge in [0.2, 0.25) is 0 Å². The fourth-order valence-corrected chi connectivity index (χ4v) is 3.98. The summed E-state index contributed by atoms with van der Waals surface area (Å²) in [5.74, 6) is -1.75. The molecule has 1 aliphatic rings. The van der Waals surface area contributed by atoms with Crippen LogP contribution in [0.4, 0.5) is 25.0 Å². The molecule has 1 aliphatic heterocycles. The van der Waals surface area contributed by atoms with Crippen LogP contribution in [0.3, 0.4) is 0 Å². The second kappa shape index (κ2) is 9.81. The number of para-hydroxylation sites is 1. The van der Waals surface area contributed by atoms with Crippen LogP contribution in [0.2, 0.25) is 0 Å².